The third-order valence-electron chi connectivity index (χ3n) is 1.49. The van der Waals surface area contributed by atoms with Crippen molar-refractivity contribution in [3.05, 3.63) is 12.2 Å². The average molecular weight is 173 g/mol. The van der Waals surface area contributed by atoms with Crippen LogP contribution in [-0.4, -0.2) is 36.6 Å². The van der Waals surface area contributed by atoms with Gasteiger partial charge in [0.15, 0.2) is 0 Å². The van der Waals surface area contributed by atoms with Gasteiger partial charge in [-0.25, -0.2) is 4.79 Å². The van der Waals surface area contributed by atoms with Gasteiger partial charge in [-0.3, -0.25) is 0 Å². The van der Waals surface area contributed by atoms with Gasteiger partial charge in [-0.1, -0.05) is 12.2 Å². The largest absolute Gasteiger partial charge is 0.447 e. The average Bonchev–Trinajstić information content (AvgIpc) is 2.51. The number of carbonyl (C=O) groups excluding carboxylic acids is 1. The molecule has 0 aromatic carbocycles. The summed E-state index contributed by atoms with van der Waals surface area (Å²) in [6, 6.07) is 0. The minimum absolute atomic E-state index is 0.135. The minimum atomic E-state index is -0.893. The zero-order valence-corrected chi connectivity index (χ0v) is 6.47. The number of hydrogen-bond acceptors (Lipinski definition) is 4. The Morgan fingerprint density at radius 3 is 3.17 bits per heavy atom. The van der Waals surface area contributed by atoms with Crippen LogP contribution in [0.1, 0.15) is 0 Å². The van der Waals surface area contributed by atoms with E-state index < -0.39 is 12.2 Å². The van der Waals surface area contributed by atoms with Crippen molar-refractivity contribution in [2.24, 2.45) is 5.73 Å². The Bertz CT molecular complexity index is 192. The molecule has 0 fully saturated rings. The molecule has 0 aromatic rings. The molecule has 0 spiro atoms. The van der Waals surface area contributed by atoms with Crippen molar-refractivity contribution in [3.63, 3.8) is 0 Å². The van der Waals surface area contributed by atoms with E-state index in [4.69, 9.17) is 10.5 Å². The van der Waals surface area contributed by atoms with E-state index in [1.54, 1.807) is 12.2 Å². The summed E-state index contributed by atoms with van der Waals surface area (Å²) in [6.07, 6.45) is 1.39. The third-order valence-corrected chi connectivity index (χ3v) is 1.49. The molecule has 0 radical (unpaired) electrons. The van der Waals surface area contributed by atoms with Gasteiger partial charge in [-0.15, -0.1) is 0 Å². The van der Waals surface area contributed by atoms with Gasteiger partial charge in [0, 0.05) is 0 Å². The first-order valence-electron chi connectivity index (χ1n) is 3.58. The number of hydrogen-bond donors (Lipinski definition) is 2. The van der Waals surface area contributed by atoms with E-state index in [9.17, 15) is 9.90 Å². The molecule has 0 saturated heterocycles. The lowest BCUT2D eigenvalue weighted by molar-refractivity contribution is -0.0189. The summed E-state index contributed by atoms with van der Waals surface area (Å²) in [6.45, 7) is 0.350. The van der Waals surface area contributed by atoms with Crippen molar-refractivity contribution < 1.29 is 19.4 Å². The van der Waals surface area contributed by atoms with Gasteiger partial charge in [0.2, 0.25) is 0 Å². The second-order valence-electron chi connectivity index (χ2n) is 2.42. The summed E-state index contributed by atoms with van der Waals surface area (Å²) in [7, 11) is 0. The van der Waals surface area contributed by atoms with E-state index >= 15 is 0 Å². The molecule has 0 saturated carbocycles. The quantitative estimate of drug-likeness (QED) is 0.558. The predicted molar refractivity (Wildman–Crippen MR) is 40.4 cm³/mol. The van der Waals surface area contributed by atoms with Crippen LogP contribution in [0.5, 0.6) is 0 Å². The highest BCUT2D eigenvalue weighted by atomic mass is 16.6. The number of ether oxygens (including phenoxy) is 2. The molecule has 1 heterocycles. The van der Waals surface area contributed by atoms with Crippen LogP contribution >= 0.6 is 0 Å². The Kier molecular flexibility index (Phi) is 3.07. The first-order valence-corrected chi connectivity index (χ1v) is 3.58. The van der Waals surface area contributed by atoms with E-state index in [2.05, 4.69) is 4.74 Å². The molecule has 5 nitrogen and oxygen atoms in total. The van der Waals surface area contributed by atoms with Gasteiger partial charge < -0.3 is 20.3 Å². The standard InChI is InChI=1S/C7H11NO4/c8-7(10)12-4-5(9)6-2-1-3-11-6/h1-2,5-6,9H,3-4H2,(H2,8,10)/t5?,6-/m0/s1. The van der Waals surface area contributed by atoms with E-state index in [1.165, 1.54) is 0 Å². The molecule has 68 valence electrons. The monoisotopic (exact) mass is 173 g/mol. The van der Waals surface area contributed by atoms with Gasteiger partial charge in [0.1, 0.15) is 18.8 Å². The van der Waals surface area contributed by atoms with Gasteiger partial charge in [0.25, 0.3) is 0 Å². The van der Waals surface area contributed by atoms with Crippen LogP contribution in [-0.2, 0) is 9.47 Å². The van der Waals surface area contributed by atoms with E-state index in [0.29, 0.717) is 6.61 Å². The highest BCUT2D eigenvalue weighted by molar-refractivity contribution is 5.64. The summed E-state index contributed by atoms with van der Waals surface area (Å²) in [4.78, 5) is 10.1. The molecule has 5 heteroatoms. The molecular weight excluding hydrogens is 162 g/mol. The fraction of sp³-hybridized carbons (Fsp3) is 0.571. The maximum absolute atomic E-state index is 10.1. The third kappa shape index (κ3) is 2.52. The molecule has 1 amide bonds. The summed E-state index contributed by atoms with van der Waals surface area (Å²) in [5.74, 6) is 0. The SMILES string of the molecule is NC(=O)OCC(O)[C@@H]1C=CCO1. The Morgan fingerprint density at radius 2 is 2.67 bits per heavy atom. The van der Waals surface area contributed by atoms with Crippen molar-refractivity contribution in [1.82, 2.24) is 0 Å². The molecule has 12 heavy (non-hydrogen) atoms. The normalized spacial score (nSPS) is 23.9. The van der Waals surface area contributed by atoms with E-state index in [-0.39, 0.29) is 12.7 Å². The van der Waals surface area contributed by atoms with Gasteiger partial charge >= 0.3 is 6.09 Å². The second kappa shape index (κ2) is 4.08. The first kappa shape index (κ1) is 9.02. The summed E-state index contributed by atoms with van der Waals surface area (Å²) in [5, 5.41) is 9.29. The Hall–Kier alpha value is -1.07. The minimum Gasteiger partial charge on any atom is -0.447 e. The summed E-state index contributed by atoms with van der Waals surface area (Å²) >= 11 is 0. The van der Waals surface area contributed by atoms with Crippen LogP contribution in [0, 0.1) is 0 Å². The smallest absolute Gasteiger partial charge is 0.404 e. The fourth-order valence-corrected chi connectivity index (χ4v) is 0.914. The van der Waals surface area contributed by atoms with Crippen molar-refractivity contribution in [3.8, 4) is 0 Å². The number of nitrogens with two attached hydrogens (primary N) is 1. The fourth-order valence-electron chi connectivity index (χ4n) is 0.914. The maximum Gasteiger partial charge on any atom is 0.404 e. The van der Waals surface area contributed by atoms with Crippen LogP contribution in [0.25, 0.3) is 0 Å². The Labute approximate surface area is 69.8 Å². The van der Waals surface area contributed by atoms with E-state index in [1.807, 2.05) is 0 Å². The molecule has 1 aliphatic rings. The highest BCUT2D eigenvalue weighted by Crippen LogP contribution is 2.08. The lowest BCUT2D eigenvalue weighted by Crippen LogP contribution is -2.31. The Balaban J connectivity index is 2.23. The highest BCUT2D eigenvalue weighted by Gasteiger charge is 2.20. The molecule has 3 N–H and O–H groups in total. The molecule has 0 aliphatic carbocycles. The number of carbonyl (C=O) groups is 1. The van der Waals surface area contributed by atoms with Crippen LogP contribution in [0.15, 0.2) is 12.2 Å². The number of amides is 1. The van der Waals surface area contributed by atoms with Crippen LogP contribution in [0.2, 0.25) is 0 Å². The maximum atomic E-state index is 10.1. The van der Waals surface area contributed by atoms with Gasteiger partial charge in [-0.05, 0) is 0 Å². The summed E-state index contributed by atoms with van der Waals surface area (Å²) < 4.78 is 9.44. The number of aliphatic hydroxyl groups is 1. The summed E-state index contributed by atoms with van der Waals surface area (Å²) in [5.41, 5.74) is 4.71. The second-order valence-corrected chi connectivity index (χ2v) is 2.42. The van der Waals surface area contributed by atoms with Crippen LogP contribution < -0.4 is 5.73 Å². The molecule has 0 aromatic heterocycles. The van der Waals surface area contributed by atoms with Crippen molar-refractivity contribution in [2.75, 3.05) is 13.2 Å². The molecule has 0 bridgehead atoms. The topological polar surface area (TPSA) is 81.8 Å². The zero-order chi connectivity index (χ0) is 8.97. The lowest BCUT2D eigenvalue weighted by atomic mass is 10.2. The van der Waals surface area contributed by atoms with Crippen molar-refractivity contribution >= 4 is 6.09 Å². The predicted octanol–water partition coefficient (Wildman–Crippen LogP) is -0.602. The number of primary amides is 1. The molecule has 1 unspecified atom stereocenters. The molecule has 1 aliphatic heterocycles. The van der Waals surface area contributed by atoms with Crippen LogP contribution in [0.3, 0.4) is 0 Å². The molecular formula is C7H11NO4. The number of rotatable bonds is 3. The van der Waals surface area contributed by atoms with Gasteiger partial charge in [0.05, 0.1) is 6.61 Å². The van der Waals surface area contributed by atoms with Gasteiger partial charge in [-0.2, -0.15) is 0 Å². The first-order chi connectivity index (χ1) is 5.70. The molecule has 2 atom stereocenters. The van der Waals surface area contributed by atoms with E-state index in [0.717, 1.165) is 0 Å². The van der Waals surface area contributed by atoms with Crippen molar-refractivity contribution in [2.45, 2.75) is 12.2 Å². The lowest BCUT2D eigenvalue weighted by Gasteiger charge is -2.15. The number of aliphatic hydroxyl groups excluding tert-OH is 1. The van der Waals surface area contributed by atoms with Crippen molar-refractivity contribution in [1.29, 1.82) is 0 Å². The zero-order valence-electron chi connectivity index (χ0n) is 6.47. The van der Waals surface area contributed by atoms with Crippen LogP contribution in [0.4, 0.5) is 4.79 Å². The molecule has 1 rings (SSSR count). The Morgan fingerprint density at radius 1 is 1.92 bits per heavy atom.